The lowest BCUT2D eigenvalue weighted by molar-refractivity contribution is 0.102. The second-order valence-corrected chi connectivity index (χ2v) is 5.78. The summed E-state index contributed by atoms with van der Waals surface area (Å²) < 4.78 is 7.68. The number of nitrogens with two attached hydrogens (primary N) is 1. The molecule has 2 aromatic heterocycles. The number of aryl methyl sites for hydroxylation is 1. The zero-order chi connectivity index (χ0) is 12.5. The second kappa shape index (κ2) is 5.91. The number of fused-ring (bicyclic) bond motifs is 1. The highest BCUT2D eigenvalue weighted by molar-refractivity contribution is 7.15. The van der Waals surface area contributed by atoms with Crippen molar-refractivity contribution in [2.45, 2.75) is 25.3 Å². The molecule has 2 aromatic rings. The Morgan fingerprint density at radius 2 is 2.37 bits per heavy atom. The van der Waals surface area contributed by atoms with Crippen LogP contribution in [0.5, 0.6) is 0 Å². The fourth-order valence-electron chi connectivity index (χ4n) is 1.88. The fourth-order valence-corrected chi connectivity index (χ4v) is 3.39. The van der Waals surface area contributed by atoms with Crippen LogP contribution >= 0.6 is 35.5 Å². The lowest BCUT2D eigenvalue weighted by atomic mass is 9.99. The van der Waals surface area contributed by atoms with Gasteiger partial charge in [0.2, 0.25) is 0 Å². The number of carbonyl (C=O) groups excluding carboxylic acids is 1. The van der Waals surface area contributed by atoms with Crippen LogP contribution in [0.3, 0.4) is 0 Å². The van der Waals surface area contributed by atoms with E-state index in [1.54, 1.807) is 0 Å². The Balaban J connectivity index is 0.00000133. The zero-order valence-corrected chi connectivity index (χ0v) is 12.3. The molecule has 0 radical (unpaired) electrons. The molecular formula is C10H12ClN5OS2. The van der Waals surface area contributed by atoms with Gasteiger partial charge < -0.3 is 5.73 Å². The summed E-state index contributed by atoms with van der Waals surface area (Å²) in [5, 5.41) is 3.37. The molecular weight excluding hydrogens is 306 g/mol. The van der Waals surface area contributed by atoms with Crippen LogP contribution in [0.15, 0.2) is 6.20 Å². The summed E-state index contributed by atoms with van der Waals surface area (Å²) in [5.74, 6) is -0.265. The molecule has 19 heavy (non-hydrogen) atoms. The van der Waals surface area contributed by atoms with Crippen molar-refractivity contribution >= 4 is 46.5 Å². The van der Waals surface area contributed by atoms with Crippen LogP contribution in [0.25, 0.3) is 0 Å². The normalized spacial score (nSPS) is 17.4. The number of aromatic nitrogens is 3. The molecule has 0 spiro atoms. The summed E-state index contributed by atoms with van der Waals surface area (Å²) in [6.07, 6.45) is 4.14. The number of rotatable bonds is 2. The van der Waals surface area contributed by atoms with Gasteiger partial charge in [-0.05, 0) is 19.3 Å². The summed E-state index contributed by atoms with van der Waals surface area (Å²) in [6, 6.07) is 0.212. The average molecular weight is 318 g/mol. The number of hydrogen-bond acceptors (Lipinski definition) is 7. The number of amides is 1. The molecule has 0 saturated carbocycles. The Labute approximate surface area is 124 Å². The highest BCUT2D eigenvalue weighted by atomic mass is 35.5. The van der Waals surface area contributed by atoms with E-state index in [1.807, 2.05) is 0 Å². The molecule has 3 N–H and O–H groups in total. The molecule has 0 bridgehead atoms. The van der Waals surface area contributed by atoms with Gasteiger partial charge in [0.25, 0.3) is 5.91 Å². The maximum atomic E-state index is 11.8. The molecule has 9 heteroatoms. The number of halogens is 1. The third kappa shape index (κ3) is 3.08. The molecule has 1 atom stereocenters. The Morgan fingerprint density at radius 3 is 3.11 bits per heavy atom. The van der Waals surface area contributed by atoms with Gasteiger partial charge in [0.05, 0.1) is 23.6 Å². The minimum atomic E-state index is -0.265. The maximum absolute atomic E-state index is 11.8. The SMILES string of the molecule is Cl.N[C@H]1CCc2nc(NC(=O)c3cnsn3)sc2C1. The average Bonchev–Trinajstić information content (AvgIpc) is 2.95. The first-order valence-electron chi connectivity index (χ1n) is 5.55. The van der Waals surface area contributed by atoms with Crippen molar-refractivity contribution in [1.29, 1.82) is 0 Å². The number of nitrogens with zero attached hydrogens (tertiary/aromatic N) is 3. The molecule has 1 amide bonds. The third-order valence-corrected chi connectivity index (χ3v) is 4.31. The monoisotopic (exact) mass is 317 g/mol. The van der Waals surface area contributed by atoms with Gasteiger partial charge in [-0.15, -0.1) is 23.7 Å². The number of carbonyl (C=O) groups is 1. The van der Waals surface area contributed by atoms with Gasteiger partial charge in [0.15, 0.2) is 10.8 Å². The van der Waals surface area contributed by atoms with Crippen LogP contribution in [0.4, 0.5) is 5.13 Å². The molecule has 6 nitrogen and oxygen atoms in total. The van der Waals surface area contributed by atoms with Gasteiger partial charge in [-0.25, -0.2) is 4.98 Å². The standard InChI is InChI=1S/C10H11N5OS2.ClH/c11-5-1-2-6-8(3-5)17-10(13-6)14-9(16)7-4-12-18-15-7;/h4-5H,1-3,11H2,(H,13,14,16);1H/t5-;/m0./s1. The molecule has 2 heterocycles. The van der Waals surface area contributed by atoms with Gasteiger partial charge in [0.1, 0.15) is 0 Å². The lowest BCUT2D eigenvalue weighted by Crippen LogP contribution is -2.27. The van der Waals surface area contributed by atoms with Crippen molar-refractivity contribution in [2.75, 3.05) is 5.32 Å². The predicted molar refractivity (Wildman–Crippen MR) is 77.2 cm³/mol. The molecule has 0 saturated heterocycles. The Hall–Kier alpha value is -1.09. The smallest absolute Gasteiger partial charge is 0.278 e. The highest BCUT2D eigenvalue weighted by Gasteiger charge is 2.21. The summed E-state index contributed by atoms with van der Waals surface area (Å²) in [5.41, 5.74) is 7.30. The van der Waals surface area contributed by atoms with Crippen LogP contribution in [-0.4, -0.2) is 25.7 Å². The Kier molecular flexibility index (Phi) is 4.46. The van der Waals surface area contributed by atoms with E-state index in [9.17, 15) is 4.79 Å². The quantitative estimate of drug-likeness (QED) is 0.875. The van der Waals surface area contributed by atoms with Gasteiger partial charge in [0, 0.05) is 10.9 Å². The number of nitrogens with one attached hydrogen (secondary N) is 1. The largest absolute Gasteiger partial charge is 0.327 e. The van der Waals surface area contributed by atoms with E-state index in [1.165, 1.54) is 22.4 Å². The van der Waals surface area contributed by atoms with Gasteiger partial charge in [-0.1, -0.05) is 0 Å². The summed E-state index contributed by atoms with van der Waals surface area (Å²) >= 11 is 2.51. The van der Waals surface area contributed by atoms with Crippen LogP contribution in [-0.2, 0) is 12.8 Å². The number of anilines is 1. The molecule has 0 aromatic carbocycles. The molecule has 1 aliphatic rings. The van der Waals surface area contributed by atoms with E-state index in [4.69, 9.17) is 5.73 Å². The van der Waals surface area contributed by atoms with E-state index in [0.717, 1.165) is 36.7 Å². The van der Waals surface area contributed by atoms with E-state index in [0.29, 0.717) is 10.8 Å². The number of thiazole rings is 1. The van der Waals surface area contributed by atoms with E-state index < -0.39 is 0 Å². The molecule has 0 unspecified atom stereocenters. The zero-order valence-electron chi connectivity index (χ0n) is 9.83. The highest BCUT2D eigenvalue weighted by Crippen LogP contribution is 2.29. The summed E-state index contributed by atoms with van der Waals surface area (Å²) in [7, 11) is 0. The third-order valence-electron chi connectivity index (χ3n) is 2.79. The van der Waals surface area contributed by atoms with Crippen LogP contribution in [0.1, 0.15) is 27.5 Å². The van der Waals surface area contributed by atoms with Crippen molar-refractivity contribution in [3.63, 3.8) is 0 Å². The van der Waals surface area contributed by atoms with E-state index >= 15 is 0 Å². The maximum Gasteiger partial charge on any atom is 0.278 e. The Bertz CT molecular complexity index is 570. The van der Waals surface area contributed by atoms with Gasteiger partial charge >= 0.3 is 0 Å². The fraction of sp³-hybridized carbons (Fsp3) is 0.400. The minimum Gasteiger partial charge on any atom is -0.327 e. The van der Waals surface area contributed by atoms with Crippen molar-refractivity contribution in [2.24, 2.45) is 5.73 Å². The van der Waals surface area contributed by atoms with Crippen LogP contribution < -0.4 is 11.1 Å². The van der Waals surface area contributed by atoms with Crippen molar-refractivity contribution in [1.82, 2.24) is 13.7 Å². The lowest BCUT2D eigenvalue weighted by Gasteiger charge is -2.15. The number of hydrogen-bond donors (Lipinski definition) is 2. The molecule has 0 aliphatic heterocycles. The van der Waals surface area contributed by atoms with Crippen LogP contribution in [0, 0.1) is 0 Å². The van der Waals surface area contributed by atoms with E-state index in [-0.39, 0.29) is 24.4 Å². The first-order chi connectivity index (χ1) is 8.72. The summed E-state index contributed by atoms with van der Waals surface area (Å²) in [6.45, 7) is 0. The molecule has 0 fully saturated rings. The van der Waals surface area contributed by atoms with Crippen molar-refractivity contribution in [3.8, 4) is 0 Å². The topological polar surface area (TPSA) is 93.8 Å². The minimum absolute atomic E-state index is 0. The second-order valence-electron chi connectivity index (χ2n) is 4.14. The first kappa shape index (κ1) is 14.3. The molecule has 3 rings (SSSR count). The predicted octanol–water partition coefficient (Wildman–Crippen LogP) is 1.48. The van der Waals surface area contributed by atoms with Crippen LogP contribution in [0.2, 0.25) is 0 Å². The van der Waals surface area contributed by atoms with Crippen molar-refractivity contribution in [3.05, 3.63) is 22.5 Å². The van der Waals surface area contributed by atoms with Gasteiger partial charge in [-0.3, -0.25) is 10.1 Å². The van der Waals surface area contributed by atoms with Crippen molar-refractivity contribution < 1.29 is 4.79 Å². The Morgan fingerprint density at radius 1 is 1.53 bits per heavy atom. The van der Waals surface area contributed by atoms with Gasteiger partial charge in [-0.2, -0.15) is 8.75 Å². The summed E-state index contributed by atoms with van der Waals surface area (Å²) in [4.78, 5) is 17.4. The molecule has 102 valence electrons. The first-order valence-corrected chi connectivity index (χ1v) is 7.10. The van der Waals surface area contributed by atoms with E-state index in [2.05, 4.69) is 19.0 Å². The molecule has 1 aliphatic carbocycles.